The van der Waals surface area contributed by atoms with Crippen molar-refractivity contribution in [3.8, 4) is 0 Å². The Bertz CT molecular complexity index is 643. The third-order valence-electron chi connectivity index (χ3n) is 2.72. The molecular formula is C14H15ClFN3O2. The molecule has 21 heavy (non-hydrogen) atoms. The van der Waals surface area contributed by atoms with Gasteiger partial charge in [-0.05, 0) is 24.1 Å². The molecule has 0 amide bonds. The predicted molar refractivity (Wildman–Crippen MR) is 75.4 cm³/mol. The van der Waals surface area contributed by atoms with Gasteiger partial charge in [0.1, 0.15) is 12.1 Å². The Labute approximate surface area is 126 Å². The second-order valence-electron chi connectivity index (χ2n) is 4.95. The standard InChI is InChI=1S/C14H15ClFN3O2/c1-9(2)6-19-13(17-8-18-19)7-21-14(20)11-4-3-10(15)5-12(11)16/h3-5,8-9H,6-7H2,1-2H3. The van der Waals surface area contributed by atoms with Crippen molar-refractivity contribution in [1.29, 1.82) is 0 Å². The van der Waals surface area contributed by atoms with E-state index in [1.54, 1.807) is 4.68 Å². The van der Waals surface area contributed by atoms with Crippen molar-refractivity contribution >= 4 is 17.6 Å². The second-order valence-corrected chi connectivity index (χ2v) is 5.39. The molecule has 112 valence electrons. The van der Waals surface area contributed by atoms with Crippen molar-refractivity contribution in [1.82, 2.24) is 14.8 Å². The molecule has 0 radical (unpaired) electrons. The van der Waals surface area contributed by atoms with Crippen LogP contribution in [0.1, 0.15) is 30.0 Å². The summed E-state index contributed by atoms with van der Waals surface area (Å²) in [6.45, 7) is 4.69. The molecule has 0 atom stereocenters. The largest absolute Gasteiger partial charge is 0.454 e. The summed E-state index contributed by atoms with van der Waals surface area (Å²) in [6.07, 6.45) is 1.40. The van der Waals surface area contributed by atoms with Crippen molar-refractivity contribution in [3.05, 3.63) is 46.8 Å². The quantitative estimate of drug-likeness (QED) is 0.796. The average molecular weight is 312 g/mol. The van der Waals surface area contributed by atoms with Gasteiger partial charge in [0.05, 0.1) is 5.56 Å². The van der Waals surface area contributed by atoms with Crippen LogP contribution in [0, 0.1) is 11.7 Å². The fourth-order valence-electron chi connectivity index (χ4n) is 1.76. The van der Waals surface area contributed by atoms with Gasteiger partial charge in [0.2, 0.25) is 0 Å². The van der Waals surface area contributed by atoms with Gasteiger partial charge in [-0.25, -0.2) is 18.9 Å². The molecule has 2 rings (SSSR count). The molecular weight excluding hydrogens is 297 g/mol. The van der Waals surface area contributed by atoms with Crippen LogP contribution in [0.15, 0.2) is 24.5 Å². The Balaban J connectivity index is 2.03. The van der Waals surface area contributed by atoms with Gasteiger partial charge >= 0.3 is 5.97 Å². The molecule has 2 aromatic rings. The number of benzene rings is 1. The van der Waals surface area contributed by atoms with Crippen LogP contribution < -0.4 is 0 Å². The fourth-order valence-corrected chi connectivity index (χ4v) is 1.92. The van der Waals surface area contributed by atoms with E-state index < -0.39 is 11.8 Å². The van der Waals surface area contributed by atoms with E-state index in [0.717, 1.165) is 6.07 Å². The Hall–Kier alpha value is -1.95. The molecule has 0 spiro atoms. The number of carbonyl (C=O) groups excluding carboxylic acids is 1. The first-order chi connectivity index (χ1) is 9.97. The van der Waals surface area contributed by atoms with Crippen LogP contribution >= 0.6 is 11.6 Å². The van der Waals surface area contributed by atoms with Gasteiger partial charge in [0.15, 0.2) is 12.4 Å². The number of hydrogen-bond donors (Lipinski definition) is 0. The van der Waals surface area contributed by atoms with E-state index in [4.69, 9.17) is 16.3 Å². The van der Waals surface area contributed by atoms with Crippen molar-refractivity contribution in [3.63, 3.8) is 0 Å². The monoisotopic (exact) mass is 311 g/mol. The summed E-state index contributed by atoms with van der Waals surface area (Å²) < 4.78 is 20.3. The summed E-state index contributed by atoms with van der Waals surface area (Å²) in [5, 5.41) is 4.28. The van der Waals surface area contributed by atoms with Gasteiger partial charge in [0, 0.05) is 11.6 Å². The Morgan fingerprint density at radius 3 is 2.90 bits per heavy atom. The third-order valence-corrected chi connectivity index (χ3v) is 2.95. The van der Waals surface area contributed by atoms with Crippen LogP contribution in [0.4, 0.5) is 4.39 Å². The normalized spacial score (nSPS) is 10.9. The zero-order chi connectivity index (χ0) is 15.4. The maximum absolute atomic E-state index is 13.6. The fraction of sp³-hybridized carbons (Fsp3) is 0.357. The minimum Gasteiger partial charge on any atom is -0.454 e. The van der Waals surface area contributed by atoms with Gasteiger partial charge in [-0.15, -0.1) is 0 Å². The molecule has 0 aliphatic heterocycles. The van der Waals surface area contributed by atoms with Crippen LogP contribution in [0.2, 0.25) is 5.02 Å². The van der Waals surface area contributed by atoms with Crippen molar-refractivity contribution in [2.24, 2.45) is 5.92 Å². The number of hydrogen-bond acceptors (Lipinski definition) is 4. The summed E-state index contributed by atoms with van der Waals surface area (Å²) in [5.74, 6) is -0.569. The first-order valence-electron chi connectivity index (χ1n) is 6.46. The van der Waals surface area contributed by atoms with Crippen LogP contribution in [0.5, 0.6) is 0 Å². The molecule has 1 heterocycles. The van der Waals surface area contributed by atoms with Crippen LogP contribution in [-0.2, 0) is 17.9 Å². The molecule has 0 N–H and O–H groups in total. The number of nitrogens with zero attached hydrogens (tertiary/aromatic N) is 3. The number of halogens is 2. The molecule has 0 unspecified atom stereocenters. The maximum Gasteiger partial charge on any atom is 0.341 e. The molecule has 7 heteroatoms. The first kappa shape index (κ1) is 15.4. The Kier molecular flexibility index (Phi) is 4.90. The lowest BCUT2D eigenvalue weighted by atomic mass is 10.2. The molecule has 1 aromatic heterocycles. The first-order valence-corrected chi connectivity index (χ1v) is 6.84. The zero-order valence-corrected chi connectivity index (χ0v) is 12.5. The van der Waals surface area contributed by atoms with Crippen LogP contribution in [0.3, 0.4) is 0 Å². The minimum atomic E-state index is -0.761. The summed E-state index contributed by atoms with van der Waals surface area (Å²) in [5.41, 5.74) is -0.158. The highest BCUT2D eigenvalue weighted by Crippen LogP contribution is 2.16. The Morgan fingerprint density at radius 2 is 2.24 bits per heavy atom. The van der Waals surface area contributed by atoms with E-state index in [1.165, 1.54) is 18.5 Å². The number of esters is 1. The van der Waals surface area contributed by atoms with E-state index in [2.05, 4.69) is 10.1 Å². The topological polar surface area (TPSA) is 57.0 Å². The molecule has 0 aliphatic carbocycles. The molecule has 0 aliphatic rings. The highest BCUT2D eigenvalue weighted by atomic mass is 35.5. The molecule has 0 saturated carbocycles. The zero-order valence-electron chi connectivity index (χ0n) is 11.7. The second kappa shape index (κ2) is 6.67. The van der Waals surface area contributed by atoms with E-state index in [9.17, 15) is 9.18 Å². The lowest BCUT2D eigenvalue weighted by Crippen LogP contribution is -2.14. The number of ether oxygens (including phenoxy) is 1. The summed E-state index contributed by atoms with van der Waals surface area (Å²) in [4.78, 5) is 15.9. The van der Waals surface area contributed by atoms with Gasteiger partial charge in [-0.3, -0.25) is 0 Å². The van der Waals surface area contributed by atoms with E-state index in [1.807, 2.05) is 13.8 Å². The van der Waals surface area contributed by atoms with Gasteiger partial charge < -0.3 is 4.74 Å². The summed E-state index contributed by atoms with van der Waals surface area (Å²) in [7, 11) is 0. The molecule has 0 fully saturated rings. The van der Waals surface area contributed by atoms with Gasteiger partial charge in [-0.1, -0.05) is 25.4 Å². The predicted octanol–water partition coefficient (Wildman–Crippen LogP) is 3.08. The number of rotatable bonds is 5. The molecule has 1 aromatic carbocycles. The van der Waals surface area contributed by atoms with Gasteiger partial charge in [0.25, 0.3) is 0 Å². The summed E-state index contributed by atoms with van der Waals surface area (Å²) >= 11 is 5.64. The lowest BCUT2D eigenvalue weighted by Gasteiger charge is -2.09. The van der Waals surface area contributed by atoms with Gasteiger partial charge in [-0.2, -0.15) is 5.10 Å². The van der Waals surface area contributed by atoms with E-state index in [0.29, 0.717) is 18.3 Å². The lowest BCUT2D eigenvalue weighted by molar-refractivity contribution is 0.0450. The highest BCUT2D eigenvalue weighted by Gasteiger charge is 2.15. The van der Waals surface area contributed by atoms with E-state index in [-0.39, 0.29) is 17.2 Å². The molecule has 0 bridgehead atoms. The van der Waals surface area contributed by atoms with Crippen molar-refractivity contribution in [2.45, 2.75) is 27.0 Å². The smallest absolute Gasteiger partial charge is 0.341 e. The van der Waals surface area contributed by atoms with Crippen molar-refractivity contribution in [2.75, 3.05) is 0 Å². The number of carbonyl (C=O) groups is 1. The highest BCUT2D eigenvalue weighted by molar-refractivity contribution is 6.30. The maximum atomic E-state index is 13.6. The van der Waals surface area contributed by atoms with Crippen LogP contribution in [0.25, 0.3) is 0 Å². The summed E-state index contributed by atoms with van der Waals surface area (Å²) in [6, 6.07) is 3.79. The third kappa shape index (κ3) is 4.01. The number of aromatic nitrogens is 3. The average Bonchev–Trinajstić information content (AvgIpc) is 2.82. The minimum absolute atomic E-state index is 0.0619. The van der Waals surface area contributed by atoms with Crippen LogP contribution in [-0.4, -0.2) is 20.7 Å². The molecule has 5 nitrogen and oxygen atoms in total. The Morgan fingerprint density at radius 1 is 1.48 bits per heavy atom. The van der Waals surface area contributed by atoms with Crippen molar-refractivity contribution < 1.29 is 13.9 Å². The molecule has 0 saturated heterocycles. The SMILES string of the molecule is CC(C)Cn1ncnc1COC(=O)c1ccc(Cl)cc1F. The van der Waals surface area contributed by atoms with E-state index >= 15 is 0 Å².